The van der Waals surface area contributed by atoms with Crippen LogP contribution in [0.2, 0.25) is 0 Å². The van der Waals surface area contributed by atoms with Crippen LogP contribution in [0.15, 0.2) is 29.3 Å². The highest BCUT2D eigenvalue weighted by Gasteiger charge is 2.15. The summed E-state index contributed by atoms with van der Waals surface area (Å²) >= 11 is 0. The van der Waals surface area contributed by atoms with Crippen molar-refractivity contribution in [1.29, 1.82) is 0 Å². The van der Waals surface area contributed by atoms with Gasteiger partial charge in [-0.1, -0.05) is 38.1 Å². The fraction of sp³-hybridized carbons (Fsp3) is 0.500. The van der Waals surface area contributed by atoms with E-state index in [1.807, 2.05) is 0 Å². The van der Waals surface area contributed by atoms with Gasteiger partial charge in [-0.15, -0.1) is 0 Å². The molecule has 1 aromatic rings. The Hall–Kier alpha value is -1.31. The predicted octanol–water partition coefficient (Wildman–Crippen LogP) is 2.73. The molecule has 86 valence electrons. The molecule has 0 saturated carbocycles. The van der Waals surface area contributed by atoms with Crippen LogP contribution >= 0.6 is 0 Å². The van der Waals surface area contributed by atoms with Crippen LogP contribution in [0.1, 0.15) is 25.0 Å². The molecule has 0 amide bonds. The van der Waals surface area contributed by atoms with Crippen molar-refractivity contribution in [3.63, 3.8) is 0 Å². The Bertz CT molecular complexity index is 393. The van der Waals surface area contributed by atoms with Crippen molar-refractivity contribution >= 4 is 5.84 Å². The smallest absolute Gasteiger partial charge is 0.101 e. The zero-order valence-electron chi connectivity index (χ0n) is 10.4. The van der Waals surface area contributed by atoms with Crippen LogP contribution in [0.4, 0.5) is 0 Å². The number of aliphatic imine (C=N–C) groups is 1. The highest BCUT2D eigenvalue weighted by atomic mass is 15.2. The summed E-state index contributed by atoms with van der Waals surface area (Å²) in [7, 11) is 2.14. The summed E-state index contributed by atoms with van der Waals surface area (Å²) in [5.74, 6) is 1.74. The Balaban J connectivity index is 2.27. The number of benzene rings is 1. The van der Waals surface area contributed by atoms with E-state index in [2.05, 4.69) is 50.1 Å². The number of amidine groups is 1. The molecule has 1 heterocycles. The Morgan fingerprint density at radius 3 is 2.56 bits per heavy atom. The summed E-state index contributed by atoms with van der Waals surface area (Å²) in [5, 5.41) is 0. The SMILES string of the molecule is CC(C)/C1=N/CCc2ccccc2CN1C. The van der Waals surface area contributed by atoms with Gasteiger partial charge in [0.25, 0.3) is 0 Å². The van der Waals surface area contributed by atoms with Crippen LogP contribution in [0.3, 0.4) is 0 Å². The van der Waals surface area contributed by atoms with E-state index >= 15 is 0 Å². The standard InChI is InChI=1S/C14H20N2/c1-11(2)14-15-9-8-12-6-4-5-7-13(12)10-16(14)3/h4-7,11H,8-10H2,1-3H3/b15-14-. The first-order valence-electron chi connectivity index (χ1n) is 6.00. The van der Waals surface area contributed by atoms with Crippen LogP contribution in [0, 0.1) is 5.92 Å². The van der Waals surface area contributed by atoms with Gasteiger partial charge in [-0.2, -0.15) is 0 Å². The van der Waals surface area contributed by atoms with Crippen molar-refractivity contribution in [3.8, 4) is 0 Å². The molecule has 1 aliphatic heterocycles. The fourth-order valence-electron chi connectivity index (χ4n) is 2.33. The van der Waals surface area contributed by atoms with Crippen LogP contribution in [0.5, 0.6) is 0 Å². The summed E-state index contributed by atoms with van der Waals surface area (Å²) in [5.41, 5.74) is 2.89. The Kier molecular flexibility index (Phi) is 3.28. The van der Waals surface area contributed by atoms with Gasteiger partial charge in [0.05, 0.1) is 0 Å². The first kappa shape index (κ1) is 11.2. The largest absolute Gasteiger partial charge is 0.359 e. The molecule has 0 saturated heterocycles. The Labute approximate surface area is 98.0 Å². The molecular formula is C14H20N2. The van der Waals surface area contributed by atoms with E-state index in [4.69, 9.17) is 4.99 Å². The van der Waals surface area contributed by atoms with Crippen molar-refractivity contribution in [2.24, 2.45) is 10.9 Å². The van der Waals surface area contributed by atoms with Gasteiger partial charge < -0.3 is 4.90 Å². The van der Waals surface area contributed by atoms with E-state index in [0.29, 0.717) is 5.92 Å². The summed E-state index contributed by atoms with van der Waals surface area (Å²) in [6.45, 7) is 6.31. The molecule has 0 aromatic heterocycles. The minimum absolute atomic E-state index is 0.510. The van der Waals surface area contributed by atoms with Crippen molar-refractivity contribution in [3.05, 3.63) is 35.4 Å². The predicted molar refractivity (Wildman–Crippen MR) is 68.8 cm³/mol. The van der Waals surface area contributed by atoms with Crippen molar-refractivity contribution in [1.82, 2.24) is 4.90 Å². The minimum atomic E-state index is 0.510. The first-order valence-corrected chi connectivity index (χ1v) is 6.00. The molecule has 2 nitrogen and oxygen atoms in total. The average molecular weight is 216 g/mol. The van der Waals surface area contributed by atoms with Crippen LogP contribution in [-0.2, 0) is 13.0 Å². The van der Waals surface area contributed by atoms with E-state index in [1.54, 1.807) is 0 Å². The molecule has 1 aliphatic rings. The van der Waals surface area contributed by atoms with E-state index in [1.165, 1.54) is 17.0 Å². The lowest BCUT2D eigenvalue weighted by Gasteiger charge is -2.27. The minimum Gasteiger partial charge on any atom is -0.359 e. The average Bonchev–Trinajstić information content (AvgIpc) is 2.22. The van der Waals surface area contributed by atoms with E-state index in [9.17, 15) is 0 Å². The molecule has 0 N–H and O–H groups in total. The van der Waals surface area contributed by atoms with Gasteiger partial charge in [-0.3, -0.25) is 4.99 Å². The zero-order chi connectivity index (χ0) is 11.5. The lowest BCUT2D eigenvalue weighted by molar-refractivity contribution is 0.463. The van der Waals surface area contributed by atoms with Crippen molar-refractivity contribution < 1.29 is 0 Å². The molecule has 0 spiro atoms. The Morgan fingerprint density at radius 1 is 1.19 bits per heavy atom. The molecule has 0 bridgehead atoms. The molecule has 0 aliphatic carbocycles. The highest BCUT2D eigenvalue weighted by Crippen LogP contribution is 2.16. The Morgan fingerprint density at radius 2 is 1.88 bits per heavy atom. The number of fused-ring (bicyclic) bond motifs is 1. The number of rotatable bonds is 1. The third-order valence-corrected chi connectivity index (χ3v) is 3.09. The molecule has 16 heavy (non-hydrogen) atoms. The monoisotopic (exact) mass is 216 g/mol. The van der Waals surface area contributed by atoms with Crippen LogP contribution in [0.25, 0.3) is 0 Å². The quantitative estimate of drug-likeness (QED) is 0.704. The van der Waals surface area contributed by atoms with E-state index in [0.717, 1.165) is 19.5 Å². The van der Waals surface area contributed by atoms with E-state index < -0.39 is 0 Å². The highest BCUT2D eigenvalue weighted by molar-refractivity contribution is 5.84. The molecule has 0 radical (unpaired) electrons. The molecule has 0 fully saturated rings. The van der Waals surface area contributed by atoms with Crippen molar-refractivity contribution in [2.75, 3.05) is 13.6 Å². The maximum Gasteiger partial charge on any atom is 0.101 e. The molecular weight excluding hydrogens is 196 g/mol. The van der Waals surface area contributed by atoms with Gasteiger partial charge in [0, 0.05) is 26.1 Å². The second kappa shape index (κ2) is 4.69. The van der Waals surface area contributed by atoms with Gasteiger partial charge in [-0.05, 0) is 17.5 Å². The summed E-state index contributed by atoms with van der Waals surface area (Å²) in [6.07, 6.45) is 1.07. The molecule has 2 rings (SSSR count). The molecule has 1 aromatic carbocycles. The topological polar surface area (TPSA) is 15.6 Å². The van der Waals surface area contributed by atoms with E-state index in [-0.39, 0.29) is 0 Å². The summed E-state index contributed by atoms with van der Waals surface area (Å²) < 4.78 is 0. The second-order valence-corrected chi connectivity index (χ2v) is 4.77. The third kappa shape index (κ3) is 2.26. The third-order valence-electron chi connectivity index (χ3n) is 3.09. The molecule has 0 atom stereocenters. The van der Waals surface area contributed by atoms with Crippen molar-refractivity contribution in [2.45, 2.75) is 26.8 Å². The van der Waals surface area contributed by atoms with Gasteiger partial charge in [0.2, 0.25) is 0 Å². The lowest BCUT2D eigenvalue weighted by atomic mass is 10.0. The fourth-order valence-corrected chi connectivity index (χ4v) is 2.33. The van der Waals surface area contributed by atoms with Gasteiger partial charge in [-0.25, -0.2) is 0 Å². The van der Waals surface area contributed by atoms with Gasteiger partial charge in [0.15, 0.2) is 0 Å². The normalized spacial score (nSPS) is 19.8. The number of hydrogen-bond acceptors (Lipinski definition) is 2. The molecule has 2 heteroatoms. The first-order chi connectivity index (χ1) is 7.68. The maximum absolute atomic E-state index is 4.71. The molecule has 0 unspecified atom stereocenters. The lowest BCUT2D eigenvalue weighted by Crippen LogP contribution is -2.32. The maximum atomic E-state index is 4.71. The van der Waals surface area contributed by atoms with Gasteiger partial charge >= 0.3 is 0 Å². The summed E-state index contributed by atoms with van der Waals surface area (Å²) in [4.78, 5) is 6.99. The summed E-state index contributed by atoms with van der Waals surface area (Å²) in [6, 6.07) is 8.70. The van der Waals surface area contributed by atoms with Gasteiger partial charge in [0.1, 0.15) is 5.84 Å². The second-order valence-electron chi connectivity index (χ2n) is 4.77. The number of nitrogens with zero attached hydrogens (tertiary/aromatic N) is 2. The number of hydrogen-bond donors (Lipinski definition) is 0. The van der Waals surface area contributed by atoms with Crippen LogP contribution in [-0.4, -0.2) is 24.3 Å². The van der Waals surface area contributed by atoms with Crippen LogP contribution < -0.4 is 0 Å². The zero-order valence-corrected chi connectivity index (χ0v) is 10.4.